The highest BCUT2D eigenvalue weighted by atomic mass is 32.2. The molecule has 3 rings (SSSR count). The van der Waals surface area contributed by atoms with E-state index in [1.54, 1.807) is 12.1 Å². The third-order valence-corrected chi connectivity index (χ3v) is 5.91. The van der Waals surface area contributed by atoms with Gasteiger partial charge in [-0.1, -0.05) is 30.8 Å². The molecule has 1 unspecified atom stereocenters. The molecular weight excluding hydrogens is 360 g/mol. The lowest BCUT2D eigenvalue weighted by molar-refractivity contribution is -0.384. The quantitative estimate of drug-likeness (QED) is 0.305. The van der Waals surface area contributed by atoms with Crippen LogP contribution in [-0.4, -0.2) is 26.0 Å². The van der Waals surface area contributed by atoms with Gasteiger partial charge in [-0.25, -0.2) is 9.97 Å². The van der Waals surface area contributed by atoms with Crippen LogP contribution in [-0.2, 0) is 4.79 Å². The number of nitrogens with zero attached hydrogens (tertiary/aromatic N) is 3. The second kappa shape index (κ2) is 7.16. The highest BCUT2D eigenvalue weighted by Crippen LogP contribution is 2.40. The number of nitro benzene ring substituents is 1. The smallest absolute Gasteiger partial charge is 0.270 e. The maximum absolute atomic E-state index is 11.6. The molecule has 0 fully saturated rings. The van der Waals surface area contributed by atoms with Gasteiger partial charge in [-0.05, 0) is 12.0 Å². The zero-order chi connectivity index (χ0) is 18.0. The Morgan fingerprint density at radius 2 is 2.24 bits per heavy atom. The summed E-state index contributed by atoms with van der Waals surface area (Å²) in [7, 11) is 0. The number of primary amides is 1. The first-order valence-corrected chi connectivity index (χ1v) is 9.20. The minimum Gasteiger partial charge on any atom is -0.369 e. The molecule has 1 atom stereocenters. The summed E-state index contributed by atoms with van der Waals surface area (Å²) in [6, 6.07) is 6.42. The Balaban J connectivity index is 2.13. The maximum Gasteiger partial charge on any atom is 0.270 e. The van der Waals surface area contributed by atoms with Gasteiger partial charge >= 0.3 is 0 Å². The van der Waals surface area contributed by atoms with Crippen molar-refractivity contribution in [3.8, 4) is 11.1 Å². The predicted octanol–water partition coefficient (Wildman–Crippen LogP) is 3.62. The summed E-state index contributed by atoms with van der Waals surface area (Å²) in [5.74, 6) is -0.397. The number of thiophene rings is 1. The van der Waals surface area contributed by atoms with Crippen molar-refractivity contribution in [3.63, 3.8) is 0 Å². The SMILES string of the molecule is CCC(Sc1ncnc2scc(-c3cccc([N+](=O)[O-])c3)c12)C(N)=O. The van der Waals surface area contributed by atoms with Crippen LogP contribution in [0.5, 0.6) is 0 Å². The Bertz CT molecular complexity index is 957. The average Bonchev–Trinajstić information content (AvgIpc) is 3.04. The number of thioether (sulfide) groups is 1. The van der Waals surface area contributed by atoms with Crippen molar-refractivity contribution >= 4 is 44.9 Å². The van der Waals surface area contributed by atoms with Crippen molar-refractivity contribution in [2.75, 3.05) is 0 Å². The molecule has 7 nitrogen and oxygen atoms in total. The van der Waals surface area contributed by atoms with Crippen LogP contribution in [0.1, 0.15) is 13.3 Å². The molecule has 0 aliphatic heterocycles. The lowest BCUT2D eigenvalue weighted by atomic mass is 10.1. The number of carbonyl (C=O) groups excluding carboxylic acids is 1. The minimum absolute atomic E-state index is 0.0199. The number of rotatable bonds is 6. The first kappa shape index (κ1) is 17.3. The van der Waals surface area contributed by atoms with Crippen molar-refractivity contribution in [2.45, 2.75) is 23.6 Å². The highest BCUT2D eigenvalue weighted by Gasteiger charge is 2.20. The van der Waals surface area contributed by atoms with Crippen molar-refractivity contribution in [1.82, 2.24) is 9.97 Å². The molecule has 1 amide bonds. The zero-order valence-electron chi connectivity index (χ0n) is 13.2. The molecule has 2 N–H and O–H groups in total. The monoisotopic (exact) mass is 374 g/mol. The molecular formula is C16H14N4O3S2. The summed E-state index contributed by atoms with van der Waals surface area (Å²) in [5, 5.41) is 14.0. The van der Waals surface area contributed by atoms with Crippen LogP contribution < -0.4 is 5.73 Å². The van der Waals surface area contributed by atoms with E-state index in [0.717, 1.165) is 15.8 Å². The first-order chi connectivity index (χ1) is 12.0. The summed E-state index contributed by atoms with van der Waals surface area (Å²) >= 11 is 2.73. The van der Waals surface area contributed by atoms with Gasteiger partial charge in [0.2, 0.25) is 5.91 Å². The van der Waals surface area contributed by atoms with E-state index in [4.69, 9.17) is 5.73 Å². The number of hydrogen-bond donors (Lipinski definition) is 1. The Kier molecular flexibility index (Phi) is 4.95. The molecule has 1 aromatic carbocycles. The van der Waals surface area contributed by atoms with Crippen LogP contribution in [0.2, 0.25) is 0 Å². The average molecular weight is 374 g/mol. The van der Waals surface area contributed by atoms with E-state index in [2.05, 4.69) is 9.97 Å². The molecule has 0 saturated heterocycles. The number of benzene rings is 1. The summed E-state index contributed by atoms with van der Waals surface area (Å²) in [4.78, 5) is 31.5. The Hall–Kier alpha value is -2.52. The topological polar surface area (TPSA) is 112 Å². The largest absolute Gasteiger partial charge is 0.369 e. The number of non-ortho nitro benzene ring substituents is 1. The number of nitro groups is 1. The van der Waals surface area contributed by atoms with Gasteiger partial charge in [-0.15, -0.1) is 11.3 Å². The van der Waals surface area contributed by atoms with Crippen LogP contribution >= 0.6 is 23.1 Å². The molecule has 2 aromatic heterocycles. The molecule has 25 heavy (non-hydrogen) atoms. The molecule has 0 aliphatic carbocycles. The van der Waals surface area contributed by atoms with Crippen molar-refractivity contribution in [1.29, 1.82) is 0 Å². The third kappa shape index (κ3) is 3.47. The summed E-state index contributed by atoms with van der Waals surface area (Å²) in [6.45, 7) is 1.88. The van der Waals surface area contributed by atoms with Crippen molar-refractivity contribution in [2.24, 2.45) is 5.73 Å². The lowest BCUT2D eigenvalue weighted by Gasteiger charge is -2.11. The first-order valence-electron chi connectivity index (χ1n) is 7.44. The van der Waals surface area contributed by atoms with E-state index in [1.807, 2.05) is 12.3 Å². The molecule has 2 heterocycles. The number of fused-ring (bicyclic) bond motifs is 1. The fraction of sp³-hybridized carbons (Fsp3) is 0.188. The van der Waals surface area contributed by atoms with Crippen LogP contribution in [0.4, 0.5) is 5.69 Å². The molecule has 128 valence electrons. The second-order valence-corrected chi connectivity index (χ2v) is 7.28. The molecule has 9 heteroatoms. The van der Waals surface area contributed by atoms with Gasteiger partial charge in [0.25, 0.3) is 5.69 Å². The van der Waals surface area contributed by atoms with E-state index >= 15 is 0 Å². The summed E-state index contributed by atoms with van der Waals surface area (Å²) < 4.78 is 0. The van der Waals surface area contributed by atoms with Crippen LogP contribution in [0, 0.1) is 10.1 Å². The maximum atomic E-state index is 11.6. The van der Waals surface area contributed by atoms with E-state index in [1.165, 1.54) is 41.6 Å². The van der Waals surface area contributed by atoms with Crippen molar-refractivity contribution < 1.29 is 9.72 Å². The Morgan fingerprint density at radius 1 is 1.44 bits per heavy atom. The normalized spacial score (nSPS) is 12.2. The second-order valence-electron chi connectivity index (χ2n) is 5.23. The van der Waals surface area contributed by atoms with Gasteiger partial charge in [0.15, 0.2) is 0 Å². The van der Waals surface area contributed by atoms with Crippen molar-refractivity contribution in [3.05, 3.63) is 46.1 Å². The van der Waals surface area contributed by atoms with Crippen LogP contribution in [0.3, 0.4) is 0 Å². The minimum atomic E-state index is -0.426. The molecule has 0 aliphatic rings. The van der Waals surface area contributed by atoms with Gasteiger partial charge in [-0.2, -0.15) is 0 Å². The predicted molar refractivity (Wildman–Crippen MR) is 98.6 cm³/mol. The molecule has 0 radical (unpaired) electrons. The number of hydrogen-bond acceptors (Lipinski definition) is 7. The number of aromatic nitrogens is 2. The standard InChI is InChI=1S/C16H14N4O3S2/c1-2-12(14(17)21)25-16-13-11(7-24-15(13)18-8-19-16)9-4-3-5-10(6-9)20(22)23/h3-8,12H,2H2,1H3,(H2,17,21). The van der Waals surface area contributed by atoms with Crippen LogP contribution in [0.25, 0.3) is 21.3 Å². The fourth-order valence-corrected chi connectivity index (χ4v) is 4.38. The van der Waals surface area contributed by atoms with Gasteiger partial charge < -0.3 is 5.73 Å². The highest BCUT2D eigenvalue weighted by molar-refractivity contribution is 8.00. The van der Waals surface area contributed by atoms with Gasteiger partial charge in [0.05, 0.1) is 15.6 Å². The summed E-state index contributed by atoms with van der Waals surface area (Å²) in [6.07, 6.45) is 2.04. The Labute approximate surface area is 151 Å². The molecule has 0 bridgehead atoms. The fourth-order valence-electron chi connectivity index (χ4n) is 2.41. The molecule has 0 saturated carbocycles. The summed E-state index contributed by atoms with van der Waals surface area (Å²) in [5.41, 5.74) is 6.98. The number of amides is 1. The zero-order valence-corrected chi connectivity index (χ0v) is 14.8. The van der Waals surface area contributed by atoms with Gasteiger partial charge in [-0.3, -0.25) is 14.9 Å². The number of nitrogens with two attached hydrogens (primary N) is 1. The molecule has 0 spiro atoms. The van der Waals surface area contributed by atoms with Gasteiger partial charge in [0.1, 0.15) is 16.2 Å². The van der Waals surface area contributed by atoms with E-state index < -0.39 is 16.1 Å². The number of carbonyl (C=O) groups is 1. The van der Waals surface area contributed by atoms with E-state index in [9.17, 15) is 14.9 Å². The Morgan fingerprint density at radius 3 is 2.92 bits per heavy atom. The van der Waals surface area contributed by atoms with E-state index in [0.29, 0.717) is 17.0 Å². The lowest BCUT2D eigenvalue weighted by Crippen LogP contribution is -2.24. The third-order valence-electron chi connectivity index (χ3n) is 3.65. The van der Waals surface area contributed by atoms with Crippen LogP contribution in [0.15, 0.2) is 41.0 Å². The molecule has 3 aromatic rings. The van der Waals surface area contributed by atoms with E-state index in [-0.39, 0.29) is 5.69 Å². The van der Waals surface area contributed by atoms with Gasteiger partial charge in [0, 0.05) is 23.1 Å².